The van der Waals surface area contributed by atoms with Crippen LogP contribution in [0.4, 0.5) is 0 Å². The zero-order valence-electron chi connectivity index (χ0n) is 16.4. The molecular formula is C22H22N6O. The third-order valence-electron chi connectivity index (χ3n) is 5.58. The lowest BCUT2D eigenvalue weighted by atomic mass is 9.83. The highest BCUT2D eigenvalue weighted by atomic mass is 16.5. The van der Waals surface area contributed by atoms with Crippen molar-refractivity contribution in [2.45, 2.75) is 44.6 Å². The van der Waals surface area contributed by atoms with Crippen LogP contribution in [0.25, 0.3) is 5.69 Å². The normalized spacial score (nSPS) is 18.5. The van der Waals surface area contributed by atoms with E-state index in [1.54, 1.807) is 12.5 Å². The van der Waals surface area contributed by atoms with E-state index in [1.807, 2.05) is 39.7 Å². The number of ether oxygens (including phenoxy) is 1. The Hall–Kier alpha value is -3.53. The number of imidazole rings is 1. The highest BCUT2D eigenvalue weighted by Crippen LogP contribution is 2.51. The molecule has 1 aliphatic carbocycles. The lowest BCUT2D eigenvalue weighted by Gasteiger charge is -2.26. The van der Waals surface area contributed by atoms with E-state index in [9.17, 15) is 5.26 Å². The number of nitrogens with two attached hydrogens (primary N) is 1. The smallest absolute Gasteiger partial charge is 0.224 e. The fourth-order valence-electron chi connectivity index (χ4n) is 3.98. The zero-order valence-corrected chi connectivity index (χ0v) is 16.4. The third kappa shape index (κ3) is 2.80. The number of hydrogen-bond acceptors (Lipinski definition) is 5. The summed E-state index contributed by atoms with van der Waals surface area (Å²) in [7, 11) is 0. The van der Waals surface area contributed by atoms with Crippen LogP contribution < -0.4 is 10.5 Å². The molecule has 2 aromatic heterocycles. The molecule has 7 heteroatoms. The zero-order chi connectivity index (χ0) is 20.1. The summed E-state index contributed by atoms with van der Waals surface area (Å²) in [5.74, 6) is 0.984. The lowest BCUT2D eigenvalue weighted by molar-refractivity contribution is 0.334. The minimum atomic E-state index is -0.274. The summed E-state index contributed by atoms with van der Waals surface area (Å²) in [4.78, 5) is 4.10. The average Bonchev–Trinajstić information content (AvgIpc) is 3.27. The van der Waals surface area contributed by atoms with Gasteiger partial charge in [0.05, 0.1) is 29.5 Å². The summed E-state index contributed by atoms with van der Waals surface area (Å²) in [5, 5.41) is 14.8. The first-order valence-corrected chi connectivity index (χ1v) is 9.86. The SMILES string of the molecule is CC(C)n1nc(C2CC2)c2c1OC(N)=C(C#N)C2c1ccc(-n2ccnc2)cc1. The highest BCUT2D eigenvalue weighted by Gasteiger charge is 2.41. The Labute approximate surface area is 169 Å². The summed E-state index contributed by atoms with van der Waals surface area (Å²) in [6, 6.07) is 10.6. The number of aromatic nitrogens is 4. The van der Waals surface area contributed by atoms with E-state index < -0.39 is 0 Å². The van der Waals surface area contributed by atoms with Crippen LogP contribution in [-0.2, 0) is 0 Å². The number of hydrogen-bond donors (Lipinski definition) is 1. The molecule has 0 spiro atoms. The maximum atomic E-state index is 9.88. The molecule has 146 valence electrons. The molecule has 1 aliphatic heterocycles. The fraction of sp³-hybridized carbons (Fsp3) is 0.318. The van der Waals surface area contributed by atoms with Gasteiger partial charge in [-0.25, -0.2) is 9.67 Å². The molecular weight excluding hydrogens is 364 g/mol. The van der Waals surface area contributed by atoms with E-state index >= 15 is 0 Å². The van der Waals surface area contributed by atoms with Gasteiger partial charge in [0.2, 0.25) is 11.8 Å². The molecule has 3 aromatic rings. The number of nitriles is 1. The average molecular weight is 386 g/mol. The van der Waals surface area contributed by atoms with Crippen LogP contribution >= 0.6 is 0 Å². The van der Waals surface area contributed by atoms with Gasteiger partial charge in [0.1, 0.15) is 11.6 Å². The minimum absolute atomic E-state index is 0.136. The van der Waals surface area contributed by atoms with Crippen LogP contribution in [0.5, 0.6) is 5.88 Å². The van der Waals surface area contributed by atoms with Gasteiger partial charge in [-0.2, -0.15) is 10.4 Å². The highest BCUT2D eigenvalue weighted by molar-refractivity contribution is 5.57. The molecule has 0 amide bonds. The van der Waals surface area contributed by atoms with Crippen molar-refractivity contribution in [3.8, 4) is 17.6 Å². The molecule has 3 heterocycles. The van der Waals surface area contributed by atoms with Crippen molar-refractivity contribution in [3.63, 3.8) is 0 Å². The molecule has 2 N–H and O–H groups in total. The van der Waals surface area contributed by atoms with Crippen LogP contribution in [-0.4, -0.2) is 19.3 Å². The van der Waals surface area contributed by atoms with E-state index in [2.05, 4.69) is 24.9 Å². The van der Waals surface area contributed by atoms with Crippen molar-refractivity contribution < 1.29 is 4.74 Å². The van der Waals surface area contributed by atoms with Crippen LogP contribution in [0.15, 0.2) is 54.4 Å². The van der Waals surface area contributed by atoms with Gasteiger partial charge in [0, 0.05) is 24.0 Å². The van der Waals surface area contributed by atoms with Crippen molar-refractivity contribution in [1.29, 1.82) is 5.26 Å². The largest absolute Gasteiger partial charge is 0.422 e. The van der Waals surface area contributed by atoms with E-state index in [0.29, 0.717) is 17.4 Å². The number of benzene rings is 1. The molecule has 0 saturated heterocycles. The van der Waals surface area contributed by atoms with Crippen molar-refractivity contribution >= 4 is 0 Å². The summed E-state index contributed by atoms with van der Waals surface area (Å²) >= 11 is 0. The molecule has 2 aliphatic rings. The Morgan fingerprint density at radius 3 is 2.59 bits per heavy atom. The van der Waals surface area contributed by atoms with Gasteiger partial charge in [-0.1, -0.05) is 12.1 Å². The minimum Gasteiger partial charge on any atom is -0.422 e. The molecule has 1 saturated carbocycles. The molecule has 29 heavy (non-hydrogen) atoms. The van der Waals surface area contributed by atoms with Gasteiger partial charge in [-0.15, -0.1) is 0 Å². The van der Waals surface area contributed by atoms with Gasteiger partial charge >= 0.3 is 0 Å². The Morgan fingerprint density at radius 1 is 1.24 bits per heavy atom. The monoisotopic (exact) mass is 386 g/mol. The Kier molecular flexibility index (Phi) is 3.95. The maximum Gasteiger partial charge on any atom is 0.224 e. The second kappa shape index (κ2) is 6.52. The molecule has 1 fully saturated rings. The predicted octanol–water partition coefficient (Wildman–Crippen LogP) is 3.75. The Morgan fingerprint density at radius 2 is 2.00 bits per heavy atom. The molecule has 1 unspecified atom stereocenters. The first kappa shape index (κ1) is 17.6. The number of allylic oxidation sites excluding steroid dienone is 1. The second-order valence-corrected chi connectivity index (χ2v) is 7.90. The van der Waals surface area contributed by atoms with Gasteiger partial charge in [0.25, 0.3) is 0 Å². The van der Waals surface area contributed by atoms with E-state index in [1.165, 1.54) is 0 Å². The van der Waals surface area contributed by atoms with E-state index in [4.69, 9.17) is 15.6 Å². The first-order valence-electron chi connectivity index (χ1n) is 9.86. The third-order valence-corrected chi connectivity index (χ3v) is 5.58. The van der Waals surface area contributed by atoms with Crippen molar-refractivity contribution in [2.24, 2.45) is 5.73 Å². The van der Waals surface area contributed by atoms with E-state index in [-0.39, 0.29) is 17.8 Å². The van der Waals surface area contributed by atoms with Gasteiger partial charge in [-0.3, -0.25) is 0 Å². The summed E-state index contributed by atoms with van der Waals surface area (Å²) < 4.78 is 9.79. The van der Waals surface area contributed by atoms with Crippen molar-refractivity contribution in [1.82, 2.24) is 19.3 Å². The number of nitrogens with zero attached hydrogens (tertiary/aromatic N) is 5. The molecule has 0 bridgehead atoms. The van der Waals surface area contributed by atoms with Gasteiger partial charge in [-0.05, 0) is 44.4 Å². The van der Waals surface area contributed by atoms with Crippen LogP contribution in [0, 0.1) is 11.3 Å². The summed E-state index contributed by atoms with van der Waals surface area (Å²) in [6.45, 7) is 4.14. The molecule has 1 aromatic carbocycles. The molecule has 5 rings (SSSR count). The standard InChI is InChI=1S/C22H22N6O/c1-13(2)28-22-19(20(26-28)15-3-4-15)18(17(11-23)21(24)29-22)14-5-7-16(8-6-14)27-10-9-25-12-27/h5-10,12-13,15,18H,3-4,24H2,1-2H3. The topological polar surface area (TPSA) is 94.7 Å². The van der Waals surface area contributed by atoms with Gasteiger partial charge < -0.3 is 15.0 Å². The summed E-state index contributed by atoms with van der Waals surface area (Å²) in [5.41, 5.74) is 10.7. The first-order chi connectivity index (χ1) is 14.1. The number of rotatable bonds is 4. The van der Waals surface area contributed by atoms with Crippen LogP contribution in [0.1, 0.15) is 61.4 Å². The molecule has 1 atom stereocenters. The Balaban J connectivity index is 1.67. The fourth-order valence-corrected chi connectivity index (χ4v) is 3.98. The maximum absolute atomic E-state index is 9.88. The van der Waals surface area contributed by atoms with Crippen molar-refractivity contribution in [3.05, 3.63) is 71.3 Å². The molecule has 7 nitrogen and oxygen atoms in total. The molecule has 0 radical (unpaired) electrons. The van der Waals surface area contributed by atoms with Crippen LogP contribution in [0.3, 0.4) is 0 Å². The van der Waals surface area contributed by atoms with Crippen LogP contribution in [0.2, 0.25) is 0 Å². The lowest BCUT2D eigenvalue weighted by Crippen LogP contribution is -2.22. The Bertz CT molecular complexity index is 1130. The summed E-state index contributed by atoms with van der Waals surface area (Å²) in [6.07, 6.45) is 7.65. The van der Waals surface area contributed by atoms with Crippen molar-refractivity contribution in [2.75, 3.05) is 0 Å². The van der Waals surface area contributed by atoms with E-state index in [0.717, 1.165) is 35.3 Å². The predicted molar refractivity (Wildman–Crippen MR) is 107 cm³/mol. The number of fused-ring (bicyclic) bond motifs is 1. The van der Waals surface area contributed by atoms with Gasteiger partial charge in [0.15, 0.2) is 0 Å². The second-order valence-electron chi connectivity index (χ2n) is 7.90. The quantitative estimate of drug-likeness (QED) is 0.737.